The molecule has 3 rings (SSSR count). The van der Waals surface area contributed by atoms with E-state index in [1.54, 1.807) is 57.3 Å². The Bertz CT molecular complexity index is 1180. The van der Waals surface area contributed by atoms with Crippen LogP contribution in [0.25, 0.3) is 10.9 Å². The van der Waals surface area contributed by atoms with Gasteiger partial charge in [0.2, 0.25) is 5.91 Å². The van der Waals surface area contributed by atoms with Crippen molar-refractivity contribution in [1.82, 2.24) is 15.4 Å². The normalized spacial score (nSPS) is 12.0. The molecule has 33 heavy (non-hydrogen) atoms. The van der Waals surface area contributed by atoms with Crippen LogP contribution in [0.3, 0.4) is 0 Å². The zero-order valence-electron chi connectivity index (χ0n) is 19.6. The number of rotatable bonds is 8. The molecule has 3 N–H and O–H groups in total. The number of hydrogen-bond donors (Lipinski definition) is 3. The number of carbonyl (C=O) groups excluding carboxylic acids is 1. The molecule has 0 unspecified atom stereocenters. The van der Waals surface area contributed by atoms with Crippen molar-refractivity contribution in [1.29, 1.82) is 0 Å². The van der Waals surface area contributed by atoms with Crippen molar-refractivity contribution in [3.8, 4) is 5.75 Å². The molecule has 7 nitrogen and oxygen atoms in total. The second-order valence-corrected chi connectivity index (χ2v) is 10.9. The van der Waals surface area contributed by atoms with Crippen molar-refractivity contribution < 1.29 is 19.1 Å². The number of fused-ring (bicyclic) bond motifs is 1. The number of anilines is 2. The van der Waals surface area contributed by atoms with Gasteiger partial charge in [-0.15, -0.1) is 11.8 Å². The minimum atomic E-state index is -0.772. The molecule has 0 fully saturated rings. The van der Waals surface area contributed by atoms with E-state index in [0.29, 0.717) is 29.1 Å². The fourth-order valence-corrected chi connectivity index (χ4v) is 5.34. The van der Waals surface area contributed by atoms with Crippen LogP contribution in [0.15, 0.2) is 41.6 Å². The Morgan fingerprint density at radius 1 is 1.18 bits per heavy atom. The predicted octanol–water partition coefficient (Wildman–Crippen LogP) is 5.62. The van der Waals surface area contributed by atoms with Crippen LogP contribution in [0.5, 0.6) is 5.75 Å². The van der Waals surface area contributed by atoms with Gasteiger partial charge < -0.3 is 10.1 Å². The maximum absolute atomic E-state index is 13.7. The van der Waals surface area contributed by atoms with Gasteiger partial charge in [0.05, 0.1) is 17.5 Å². The second-order valence-electron chi connectivity index (χ2n) is 9.19. The van der Waals surface area contributed by atoms with Crippen LogP contribution in [0, 0.1) is 18.2 Å². The lowest BCUT2D eigenvalue weighted by atomic mass is 9.83. The number of ether oxygens (including phenoxy) is 1. The summed E-state index contributed by atoms with van der Waals surface area (Å²) in [5, 5.41) is 13.1. The third-order valence-corrected chi connectivity index (χ3v) is 6.55. The molecule has 0 aliphatic carbocycles. The Hall–Kier alpha value is -2.91. The fourth-order valence-electron chi connectivity index (χ4n) is 3.89. The van der Waals surface area contributed by atoms with E-state index < -0.39 is 11.3 Å². The number of hydroxylamine groups is 1. The van der Waals surface area contributed by atoms with Gasteiger partial charge in [-0.05, 0) is 43.2 Å². The molecule has 0 aliphatic rings. The van der Waals surface area contributed by atoms with E-state index >= 15 is 0 Å². The number of halogens is 1. The van der Waals surface area contributed by atoms with Gasteiger partial charge in [0.1, 0.15) is 23.7 Å². The van der Waals surface area contributed by atoms with E-state index in [9.17, 15) is 9.18 Å². The molecule has 0 spiro atoms. The third-order valence-electron chi connectivity index (χ3n) is 5.31. The first-order valence-electron chi connectivity index (χ1n) is 10.5. The number of benzene rings is 2. The first-order chi connectivity index (χ1) is 15.5. The summed E-state index contributed by atoms with van der Waals surface area (Å²) in [6.07, 6.45) is 1.97. The smallest absolute Gasteiger partial charge is 0.249 e. The summed E-state index contributed by atoms with van der Waals surface area (Å²) in [5.74, 6) is 0.549. The number of carbonyl (C=O) groups is 1. The summed E-state index contributed by atoms with van der Waals surface area (Å²) in [4.78, 5) is 21.7. The predicted molar refractivity (Wildman–Crippen MR) is 129 cm³/mol. The average molecular weight is 473 g/mol. The highest BCUT2D eigenvalue weighted by Crippen LogP contribution is 2.45. The van der Waals surface area contributed by atoms with Crippen molar-refractivity contribution in [2.45, 2.75) is 50.7 Å². The number of nitrogens with one attached hydrogen (secondary N) is 2. The third kappa shape index (κ3) is 5.72. The van der Waals surface area contributed by atoms with Gasteiger partial charge in [-0.1, -0.05) is 27.7 Å². The SMILES string of the molecule is COc1cc2ncnc(Nc3ccc(F)c(C)c3)c2cc1SC(C)(C)CC(C)(C)C(=O)NO. The van der Waals surface area contributed by atoms with E-state index in [1.807, 2.05) is 26.0 Å². The first-order valence-corrected chi connectivity index (χ1v) is 11.3. The van der Waals surface area contributed by atoms with Gasteiger partial charge in [0.15, 0.2) is 0 Å². The summed E-state index contributed by atoms with van der Waals surface area (Å²) in [5.41, 5.74) is 2.94. The summed E-state index contributed by atoms with van der Waals surface area (Å²) in [6.45, 7) is 9.36. The number of thioether (sulfide) groups is 1. The molecular weight excluding hydrogens is 443 g/mol. The van der Waals surface area contributed by atoms with E-state index in [1.165, 1.54) is 12.4 Å². The lowest BCUT2D eigenvalue weighted by molar-refractivity contribution is -0.138. The number of hydrogen-bond acceptors (Lipinski definition) is 7. The molecule has 0 saturated heterocycles. The van der Waals surface area contributed by atoms with Gasteiger partial charge >= 0.3 is 0 Å². The van der Waals surface area contributed by atoms with Crippen molar-refractivity contribution in [3.63, 3.8) is 0 Å². The Morgan fingerprint density at radius 3 is 2.55 bits per heavy atom. The molecule has 176 valence electrons. The highest BCUT2D eigenvalue weighted by atomic mass is 32.2. The first kappa shape index (κ1) is 24.7. The largest absolute Gasteiger partial charge is 0.496 e. The van der Waals surface area contributed by atoms with Crippen LogP contribution in [0.2, 0.25) is 0 Å². The summed E-state index contributed by atoms with van der Waals surface area (Å²) < 4.78 is 18.9. The molecular formula is C24H29FN4O3S. The zero-order valence-corrected chi connectivity index (χ0v) is 20.4. The fraction of sp³-hybridized carbons (Fsp3) is 0.375. The highest BCUT2D eigenvalue weighted by molar-refractivity contribution is 8.00. The van der Waals surface area contributed by atoms with Crippen LogP contribution in [-0.2, 0) is 4.79 Å². The monoisotopic (exact) mass is 472 g/mol. The minimum absolute atomic E-state index is 0.267. The van der Waals surface area contributed by atoms with Crippen LogP contribution >= 0.6 is 11.8 Å². The number of amides is 1. The maximum Gasteiger partial charge on any atom is 0.249 e. The van der Waals surface area contributed by atoms with Crippen LogP contribution in [0.1, 0.15) is 39.7 Å². The molecule has 3 aromatic rings. The Labute approximate surface area is 197 Å². The summed E-state index contributed by atoms with van der Waals surface area (Å²) in [7, 11) is 1.60. The molecule has 0 saturated carbocycles. The molecule has 0 bridgehead atoms. The lowest BCUT2D eigenvalue weighted by Crippen LogP contribution is -2.39. The summed E-state index contributed by atoms with van der Waals surface area (Å²) >= 11 is 1.57. The second kappa shape index (κ2) is 9.52. The van der Waals surface area contributed by atoms with Gasteiger partial charge in [0, 0.05) is 27.3 Å². The van der Waals surface area contributed by atoms with Crippen LogP contribution in [-0.4, -0.2) is 32.9 Å². The van der Waals surface area contributed by atoms with Crippen molar-refractivity contribution in [2.75, 3.05) is 12.4 Å². The van der Waals surface area contributed by atoms with Gasteiger partial charge in [-0.2, -0.15) is 0 Å². The Morgan fingerprint density at radius 2 is 1.91 bits per heavy atom. The van der Waals surface area contributed by atoms with Gasteiger partial charge in [-0.3, -0.25) is 10.0 Å². The number of nitrogens with zero attached hydrogens (tertiary/aromatic N) is 2. The molecule has 2 aromatic carbocycles. The molecule has 0 atom stereocenters. The molecule has 0 radical (unpaired) electrons. The van der Waals surface area contributed by atoms with Crippen molar-refractivity contribution in [3.05, 3.63) is 48.0 Å². The Balaban J connectivity index is 1.99. The quantitative estimate of drug-likeness (QED) is 0.222. The topological polar surface area (TPSA) is 96.4 Å². The Kier molecular flexibility index (Phi) is 7.14. The van der Waals surface area contributed by atoms with E-state index in [-0.39, 0.29) is 10.6 Å². The summed E-state index contributed by atoms with van der Waals surface area (Å²) in [6, 6.07) is 8.60. The van der Waals surface area contributed by atoms with E-state index in [2.05, 4.69) is 15.3 Å². The van der Waals surface area contributed by atoms with E-state index in [4.69, 9.17) is 9.94 Å². The van der Waals surface area contributed by atoms with E-state index in [0.717, 1.165) is 16.0 Å². The minimum Gasteiger partial charge on any atom is -0.496 e. The number of aryl methyl sites for hydroxylation is 1. The standard InChI is InChI=1S/C24H29FN4O3S/c1-14-9-15(7-8-17(14)25)28-21-16-10-20(19(32-6)11-18(16)26-13-27-21)33-24(4,5)12-23(2,3)22(30)29-31/h7-11,13,31H,12H2,1-6H3,(H,29,30)(H,26,27,28). The average Bonchev–Trinajstić information content (AvgIpc) is 2.74. The van der Waals surface area contributed by atoms with Crippen molar-refractivity contribution >= 4 is 40.1 Å². The highest BCUT2D eigenvalue weighted by Gasteiger charge is 2.36. The van der Waals surface area contributed by atoms with Crippen LogP contribution in [0.4, 0.5) is 15.9 Å². The maximum atomic E-state index is 13.7. The number of methoxy groups -OCH3 is 1. The van der Waals surface area contributed by atoms with Crippen molar-refractivity contribution in [2.24, 2.45) is 5.41 Å². The molecule has 1 aromatic heterocycles. The molecule has 0 aliphatic heterocycles. The van der Waals surface area contributed by atoms with Gasteiger partial charge in [-0.25, -0.2) is 19.8 Å². The molecule has 9 heteroatoms. The lowest BCUT2D eigenvalue weighted by Gasteiger charge is -2.33. The zero-order chi connectivity index (χ0) is 24.4. The molecule has 1 amide bonds. The van der Waals surface area contributed by atoms with Gasteiger partial charge in [0.25, 0.3) is 0 Å². The number of aromatic nitrogens is 2. The van der Waals surface area contributed by atoms with Crippen LogP contribution < -0.4 is 15.5 Å². The molecule has 1 heterocycles.